The maximum Gasteiger partial charge on any atom is 0.227 e. The van der Waals surface area contributed by atoms with Crippen LogP contribution in [0.25, 0.3) is 22.0 Å². The normalized spacial score (nSPS) is 11.5. The number of anilines is 1. The molecule has 1 amide bonds. The first kappa shape index (κ1) is 20.5. The summed E-state index contributed by atoms with van der Waals surface area (Å²) in [6, 6.07) is 20.0. The highest BCUT2D eigenvalue weighted by atomic mass is 35.5. The van der Waals surface area contributed by atoms with Crippen molar-refractivity contribution >= 4 is 54.6 Å². The van der Waals surface area contributed by atoms with Crippen LogP contribution in [0.3, 0.4) is 0 Å². The van der Waals surface area contributed by atoms with E-state index in [4.69, 9.17) is 11.6 Å². The summed E-state index contributed by atoms with van der Waals surface area (Å²) < 4.78 is 24.7. The Bertz CT molecular complexity index is 1320. The minimum Gasteiger partial charge on any atom is -0.302 e. The van der Waals surface area contributed by atoms with E-state index in [-0.39, 0.29) is 17.1 Å². The quantitative estimate of drug-likeness (QED) is 0.420. The summed E-state index contributed by atoms with van der Waals surface area (Å²) >= 11 is 7.09. The number of sulfone groups is 1. The van der Waals surface area contributed by atoms with Crippen molar-refractivity contribution in [2.24, 2.45) is 0 Å². The van der Waals surface area contributed by atoms with Crippen LogP contribution in [-0.2, 0) is 14.6 Å². The standard InChI is InChI=1S/C22H17ClN2O3S2/c23-18-7-9-19(10-8-18)30(27,28)12-11-21(26)25-22-24-20(14-29-22)17-6-5-15-3-1-2-4-16(15)13-17/h1-10,13-14H,11-12H2,(H,24,25,26). The van der Waals surface area contributed by atoms with Crippen LogP contribution in [0.1, 0.15) is 6.42 Å². The van der Waals surface area contributed by atoms with Crippen molar-refractivity contribution in [3.8, 4) is 11.3 Å². The molecule has 0 aliphatic carbocycles. The van der Waals surface area contributed by atoms with Crippen molar-refractivity contribution in [3.63, 3.8) is 0 Å². The van der Waals surface area contributed by atoms with Gasteiger partial charge in [-0.15, -0.1) is 11.3 Å². The number of carbonyl (C=O) groups is 1. The second kappa shape index (κ2) is 8.55. The molecule has 0 atom stereocenters. The lowest BCUT2D eigenvalue weighted by Crippen LogP contribution is -2.17. The van der Waals surface area contributed by atoms with Crippen molar-refractivity contribution in [2.45, 2.75) is 11.3 Å². The van der Waals surface area contributed by atoms with E-state index in [1.165, 1.54) is 35.6 Å². The molecule has 4 aromatic rings. The SMILES string of the molecule is O=C(CCS(=O)(=O)c1ccc(Cl)cc1)Nc1nc(-c2ccc3ccccc3c2)cs1. The highest BCUT2D eigenvalue weighted by Gasteiger charge is 2.17. The Morgan fingerprint density at radius 2 is 1.73 bits per heavy atom. The second-order valence-electron chi connectivity index (χ2n) is 6.67. The second-order valence-corrected chi connectivity index (χ2v) is 10.1. The molecule has 3 aromatic carbocycles. The largest absolute Gasteiger partial charge is 0.302 e. The summed E-state index contributed by atoms with van der Waals surface area (Å²) in [5.41, 5.74) is 1.71. The predicted molar refractivity (Wildman–Crippen MR) is 122 cm³/mol. The fourth-order valence-corrected chi connectivity index (χ4v) is 5.08. The van der Waals surface area contributed by atoms with Crippen LogP contribution in [0, 0.1) is 0 Å². The minimum absolute atomic E-state index is 0.146. The summed E-state index contributed by atoms with van der Waals surface area (Å²) in [5.74, 6) is -0.685. The summed E-state index contributed by atoms with van der Waals surface area (Å²) in [5, 5.41) is 7.70. The van der Waals surface area contributed by atoms with Gasteiger partial charge in [-0.2, -0.15) is 0 Å². The molecular formula is C22H17ClN2O3S2. The molecule has 4 rings (SSSR count). The molecule has 8 heteroatoms. The number of fused-ring (bicyclic) bond motifs is 1. The smallest absolute Gasteiger partial charge is 0.227 e. The Labute approximate surface area is 183 Å². The van der Waals surface area contributed by atoms with Crippen LogP contribution < -0.4 is 5.32 Å². The van der Waals surface area contributed by atoms with E-state index in [0.717, 1.165) is 22.0 Å². The van der Waals surface area contributed by atoms with Gasteiger partial charge in [-0.1, -0.05) is 48.0 Å². The number of carbonyl (C=O) groups excluding carboxylic acids is 1. The van der Waals surface area contributed by atoms with Gasteiger partial charge in [0.2, 0.25) is 5.91 Å². The van der Waals surface area contributed by atoms with Gasteiger partial charge in [-0.3, -0.25) is 4.79 Å². The van der Waals surface area contributed by atoms with Gasteiger partial charge in [0.25, 0.3) is 0 Å². The third kappa shape index (κ3) is 4.70. The van der Waals surface area contributed by atoms with Crippen molar-refractivity contribution in [3.05, 3.63) is 77.1 Å². The van der Waals surface area contributed by atoms with E-state index in [0.29, 0.717) is 10.2 Å². The molecule has 1 N–H and O–H groups in total. The molecule has 0 spiro atoms. The average Bonchev–Trinajstić information content (AvgIpc) is 3.21. The maximum atomic E-state index is 12.4. The summed E-state index contributed by atoms with van der Waals surface area (Å²) in [6.07, 6.45) is -0.157. The number of thiazole rings is 1. The van der Waals surface area contributed by atoms with Crippen molar-refractivity contribution in [2.75, 3.05) is 11.1 Å². The molecule has 0 saturated carbocycles. The number of benzene rings is 3. The lowest BCUT2D eigenvalue weighted by atomic mass is 10.1. The van der Waals surface area contributed by atoms with E-state index >= 15 is 0 Å². The van der Waals surface area contributed by atoms with Crippen molar-refractivity contribution in [1.82, 2.24) is 4.98 Å². The van der Waals surface area contributed by atoms with E-state index < -0.39 is 15.7 Å². The Morgan fingerprint density at radius 1 is 1.00 bits per heavy atom. The van der Waals surface area contributed by atoms with Gasteiger partial charge >= 0.3 is 0 Å². The van der Waals surface area contributed by atoms with E-state index in [9.17, 15) is 13.2 Å². The van der Waals surface area contributed by atoms with E-state index in [2.05, 4.69) is 16.4 Å². The first-order chi connectivity index (χ1) is 14.4. The molecule has 0 aliphatic heterocycles. The Morgan fingerprint density at radius 3 is 2.50 bits per heavy atom. The average molecular weight is 457 g/mol. The molecule has 1 aromatic heterocycles. The summed E-state index contributed by atoms with van der Waals surface area (Å²) in [7, 11) is -3.56. The van der Waals surface area contributed by atoms with Crippen LogP contribution >= 0.6 is 22.9 Å². The van der Waals surface area contributed by atoms with Gasteiger partial charge in [0.05, 0.1) is 16.3 Å². The predicted octanol–water partition coefficient (Wildman–Crippen LogP) is 5.42. The first-order valence-corrected chi connectivity index (χ1v) is 12.0. The molecule has 152 valence electrons. The minimum atomic E-state index is -3.56. The highest BCUT2D eigenvalue weighted by molar-refractivity contribution is 7.91. The number of rotatable bonds is 6. The van der Waals surface area contributed by atoms with Gasteiger partial charge in [0.15, 0.2) is 15.0 Å². The van der Waals surface area contributed by atoms with Gasteiger partial charge in [-0.25, -0.2) is 13.4 Å². The molecule has 0 radical (unpaired) electrons. The molecule has 5 nitrogen and oxygen atoms in total. The maximum absolute atomic E-state index is 12.4. The topological polar surface area (TPSA) is 76.1 Å². The van der Waals surface area contributed by atoms with Gasteiger partial charge in [0, 0.05) is 22.4 Å². The van der Waals surface area contributed by atoms with Crippen molar-refractivity contribution < 1.29 is 13.2 Å². The zero-order valence-electron chi connectivity index (χ0n) is 15.7. The number of nitrogens with zero attached hydrogens (tertiary/aromatic N) is 1. The van der Waals surface area contributed by atoms with Crippen molar-refractivity contribution in [1.29, 1.82) is 0 Å². The monoisotopic (exact) mass is 456 g/mol. The molecule has 0 saturated heterocycles. The number of amides is 1. The fraction of sp³-hybridized carbons (Fsp3) is 0.0909. The molecule has 1 heterocycles. The third-order valence-electron chi connectivity index (χ3n) is 4.57. The number of hydrogen-bond acceptors (Lipinski definition) is 5. The third-order valence-corrected chi connectivity index (χ3v) is 7.31. The van der Waals surface area contributed by atoms with Gasteiger partial charge < -0.3 is 5.32 Å². The number of aromatic nitrogens is 1. The lowest BCUT2D eigenvalue weighted by Gasteiger charge is -2.05. The van der Waals surface area contributed by atoms with Crippen LogP contribution in [-0.4, -0.2) is 25.1 Å². The van der Waals surface area contributed by atoms with Crippen LogP contribution in [0.5, 0.6) is 0 Å². The summed E-state index contributed by atoms with van der Waals surface area (Å²) in [4.78, 5) is 16.8. The fourth-order valence-electron chi connectivity index (χ4n) is 2.98. The first-order valence-electron chi connectivity index (χ1n) is 9.14. The molecule has 30 heavy (non-hydrogen) atoms. The zero-order valence-corrected chi connectivity index (χ0v) is 18.1. The van der Waals surface area contributed by atoms with E-state index in [1.807, 2.05) is 41.8 Å². The Kier molecular flexibility index (Phi) is 5.85. The van der Waals surface area contributed by atoms with Crippen LogP contribution in [0.15, 0.2) is 77.0 Å². The molecule has 0 aliphatic rings. The summed E-state index contributed by atoms with van der Waals surface area (Å²) in [6.45, 7) is 0. The number of halogens is 1. The Hall–Kier alpha value is -2.74. The molecule has 0 unspecified atom stereocenters. The van der Waals surface area contributed by atoms with Crippen LogP contribution in [0.2, 0.25) is 5.02 Å². The van der Waals surface area contributed by atoms with Crippen LogP contribution in [0.4, 0.5) is 5.13 Å². The number of nitrogens with one attached hydrogen (secondary N) is 1. The zero-order chi connectivity index (χ0) is 21.1. The molecule has 0 fully saturated rings. The van der Waals surface area contributed by atoms with E-state index in [1.54, 1.807) is 0 Å². The van der Waals surface area contributed by atoms with Gasteiger partial charge in [-0.05, 0) is 41.1 Å². The lowest BCUT2D eigenvalue weighted by molar-refractivity contribution is -0.115. The number of hydrogen-bond donors (Lipinski definition) is 1. The van der Waals surface area contributed by atoms with Gasteiger partial charge in [0.1, 0.15) is 0 Å². The molecular weight excluding hydrogens is 440 g/mol. The Balaban J connectivity index is 1.40. The highest BCUT2D eigenvalue weighted by Crippen LogP contribution is 2.28. The molecule has 0 bridgehead atoms.